The first-order valence-corrected chi connectivity index (χ1v) is 9.16. The van der Waals surface area contributed by atoms with Crippen molar-refractivity contribution in [3.05, 3.63) is 27.7 Å². The van der Waals surface area contributed by atoms with Crippen molar-refractivity contribution in [1.82, 2.24) is 9.62 Å². The fraction of sp³-hybridized carbons (Fsp3) is 0.538. The molecular weight excluding hydrogens is 399 g/mol. The van der Waals surface area contributed by atoms with Crippen LogP contribution in [-0.2, 0) is 10.0 Å². The number of sulfonamides is 1. The zero-order valence-electron chi connectivity index (χ0n) is 11.7. The molecule has 21 heavy (non-hydrogen) atoms. The zero-order chi connectivity index (χ0) is 14.8. The molecule has 0 aliphatic carbocycles. The van der Waals surface area contributed by atoms with Gasteiger partial charge in [0.2, 0.25) is 10.0 Å². The Hall–Kier alpha value is 0.150. The van der Waals surface area contributed by atoms with E-state index in [4.69, 9.17) is 11.6 Å². The van der Waals surface area contributed by atoms with Crippen LogP contribution in [0.15, 0.2) is 27.6 Å². The minimum absolute atomic E-state index is 0. The lowest BCUT2D eigenvalue weighted by atomic mass is 9.98. The highest BCUT2D eigenvalue weighted by molar-refractivity contribution is 9.10. The molecule has 0 bridgehead atoms. The Balaban J connectivity index is 0.00000220. The zero-order valence-corrected chi connectivity index (χ0v) is 15.7. The molecule has 0 atom stereocenters. The van der Waals surface area contributed by atoms with Crippen LogP contribution < -0.4 is 5.32 Å². The molecule has 1 aromatic carbocycles. The molecule has 4 nitrogen and oxygen atoms in total. The maximum absolute atomic E-state index is 12.6. The maximum Gasteiger partial charge on any atom is 0.243 e. The van der Waals surface area contributed by atoms with Gasteiger partial charge in [-0.15, -0.1) is 12.4 Å². The Morgan fingerprint density at radius 2 is 2.00 bits per heavy atom. The topological polar surface area (TPSA) is 49.4 Å². The Kier molecular flexibility index (Phi) is 7.43. The van der Waals surface area contributed by atoms with Crippen molar-refractivity contribution < 1.29 is 8.42 Å². The van der Waals surface area contributed by atoms with E-state index in [0.717, 1.165) is 19.4 Å². The van der Waals surface area contributed by atoms with E-state index in [2.05, 4.69) is 21.2 Å². The van der Waals surface area contributed by atoms with Crippen LogP contribution in [-0.4, -0.2) is 39.4 Å². The van der Waals surface area contributed by atoms with Gasteiger partial charge in [-0.2, -0.15) is 4.31 Å². The SMILES string of the molecule is CNCC1CCN(S(=O)(=O)c2ccc(Br)c(Cl)c2)CC1.Cl. The number of nitrogens with zero attached hydrogens (tertiary/aromatic N) is 1. The van der Waals surface area contributed by atoms with Crippen molar-refractivity contribution in [3.63, 3.8) is 0 Å². The Bertz CT molecular complexity index is 576. The fourth-order valence-electron chi connectivity index (χ4n) is 2.43. The second kappa shape index (κ2) is 8.13. The van der Waals surface area contributed by atoms with Crippen LogP contribution in [0, 0.1) is 5.92 Å². The lowest BCUT2D eigenvalue weighted by molar-refractivity contribution is 0.270. The van der Waals surface area contributed by atoms with Crippen molar-refractivity contribution in [3.8, 4) is 0 Å². The summed E-state index contributed by atoms with van der Waals surface area (Å²) in [5, 5.41) is 3.56. The number of hydrogen-bond donors (Lipinski definition) is 1. The van der Waals surface area contributed by atoms with E-state index in [1.807, 2.05) is 7.05 Å². The van der Waals surface area contributed by atoms with Crippen LogP contribution in [0.25, 0.3) is 0 Å². The summed E-state index contributed by atoms with van der Waals surface area (Å²) in [6.45, 7) is 2.09. The lowest BCUT2D eigenvalue weighted by Crippen LogP contribution is -2.40. The van der Waals surface area contributed by atoms with Crippen LogP contribution in [0.2, 0.25) is 5.02 Å². The highest BCUT2D eigenvalue weighted by Crippen LogP contribution is 2.28. The van der Waals surface area contributed by atoms with Crippen LogP contribution in [0.4, 0.5) is 0 Å². The molecule has 120 valence electrons. The molecule has 1 aromatic rings. The number of nitrogens with one attached hydrogen (secondary N) is 1. The van der Waals surface area contributed by atoms with Gasteiger partial charge in [0.15, 0.2) is 0 Å². The Morgan fingerprint density at radius 1 is 1.38 bits per heavy atom. The Labute approximate surface area is 145 Å². The molecule has 1 aliphatic heterocycles. The van der Waals surface area contributed by atoms with E-state index in [9.17, 15) is 8.42 Å². The first kappa shape index (κ1) is 19.2. The molecule has 0 radical (unpaired) electrons. The van der Waals surface area contributed by atoms with Crippen LogP contribution in [0.1, 0.15) is 12.8 Å². The summed E-state index contributed by atoms with van der Waals surface area (Å²) in [6.07, 6.45) is 1.79. The van der Waals surface area contributed by atoms with E-state index in [0.29, 0.717) is 28.5 Å². The van der Waals surface area contributed by atoms with Crippen molar-refractivity contribution in [2.45, 2.75) is 17.7 Å². The number of piperidine rings is 1. The molecule has 0 amide bonds. The normalized spacial score (nSPS) is 17.5. The van der Waals surface area contributed by atoms with Crippen molar-refractivity contribution in [2.24, 2.45) is 5.92 Å². The van der Waals surface area contributed by atoms with Crippen molar-refractivity contribution >= 4 is 50.0 Å². The van der Waals surface area contributed by atoms with Gasteiger partial charge in [-0.3, -0.25) is 0 Å². The molecule has 2 rings (SSSR count). The maximum atomic E-state index is 12.6. The van der Waals surface area contributed by atoms with Gasteiger partial charge in [-0.25, -0.2) is 8.42 Å². The third-order valence-electron chi connectivity index (χ3n) is 3.60. The molecule has 8 heteroatoms. The summed E-state index contributed by atoms with van der Waals surface area (Å²) in [5.41, 5.74) is 0. The minimum Gasteiger partial charge on any atom is -0.319 e. The summed E-state index contributed by atoms with van der Waals surface area (Å²) in [6, 6.07) is 4.76. The molecule has 1 fully saturated rings. The van der Waals surface area contributed by atoms with E-state index in [-0.39, 0.29) is 17.3 Å². The molecule has 0 spiro atoms. The number of benzene rings is 1. The van der Waals surface area contributed by atoms with Gasteiger partial charge >= 0.3 is 0 Å². The van der Waals surface area contributed by atoms with E-state index < -0.39 is 10.0 Å². The fourth-order valence-corrected chi connectivity index (χ4v) is 4.42. The first-order chi connectivity index (χ1) is 9.45. The predicted octanol–water partition coefficient (Wildman–Crippen LogP) is 3.14. The molecule has 1 heterocycles. The summed E-state index contributed by atoms with van der Waals surface area (Å²) in [4.78, 5) is 0.262. The summed E-state index contributed by atoms with van der Waals surface area (Å²) < 4.78 is 27.4. The summed E-state index contributed by atoms with van der Waals surface area (Å²) >= 11 is 9.26. The molecule has 0 unspecified atom stereocenters. The highest BCUT2D eigenvalue weighted by Gasteiger charge is 2.29. The largest absolute Gasteiger partial charge is 0.319 e. The standard InChI is InChI=1S/C13H18BrClN2O2S.ClH/c1-16-9-10-4-6-17(7-5-10)20(18,19)11-2-3-12(14)13(15)8-11;/h2-3,8,10,16H,4-7,9H2,1H3;1H. The minimum atomic E-state index is -3.43. The third-order valence-corrected chi connectivity index (χ3v) is 6.72. The molecule has 0 saturated carbocycles. The monoisotopic (exact) mass is 416 g/mol. The average Bonchev–Trinajstić information content (AvgIpc) is 2.43. The molecular formula is C13H19BrCl2N2O2S. The van der Waals surface area contributed by atoms with E-state index >= 15 is 0 Å². The molecule has 1 N–H and O–H groups in total. The second-order valence-electron chi connectivity index (χ2n) is 4.98. The van der Waals surface area contributed by atoms with Gasteiger partial charge in [-0.05, 0) is 66.5 Å². The van der Waals surface area contributed by atoms with E-state index in [1.165, 1.54) is 6.07 Å². The number of halogens is 3. The van der Waals surface area contributed by atoms with Gasteiger partial charge in [0.1, 0.15) is 0 Å². The summed E-state index contributed by atoms with van der Waals surface area (Å²) in [5.74, 6) is 0.556. The second-order valence-corrected chi connectivity index (χ2v) is 8.18. The van der Waals surface area contributed by atoms with Gasteiger partial charge in [0.25, 0.3) is 0 Å². The van der Waals surface area contributed by atoms with Crippen LogP contribution in [0.5, 0.6) is 0 Å². The van der Waals surface area contributed by atoms with Crippen molar-refractivity contribution in [1.29, 1.82) is 0 Å². The lowest BCUT2D eigenvalue weighted by Gasteiger charge is -2.31. The van der Waals surface area contributed by atoms with Gasteiger partial charge in [-0.1, -0.05) is 11.6 Å². The highest BCUT2D eigenvalue weighted by atomic mass is 79.9. The smallest absolute Gasteiger partial charge is 0.243 e. The number of hydrogen-bond acceptors (Lipinski definition) is 3. The summed E-state index contributed by atoms with van der Waals surface area (Å²) in [7, 11) is -1.51. The third kappa shape index (κ3) is 4.56. The molecule has 0 aromatic heterocycles. The first-order valence-electron chi connectivity index (χ1n) is 6.55. The van der Waals surface area contributed by atoms with Crippen LogP contribution in [0.3, 0.4) is 0 Å². The predicted molar refractivity (Wildman–Crippen MR) is 91.8 cm³/mol. The Morgan fingerprint density at radius 3 is 2.52 bits per heavy atom. The van der Waals surface area contributed by atoms with Gasteiger partial charge in [0.05, 0.1) is 9.92 Å². The van der Waals surface area contributed by atoms with Gasteiger partial charge < -0.3 is 5.32 Å². The van der Waals surface area contributed by atoms with Gasteiger partial charge in [0, 0.05) is 17.6 Å². The molecule has 1 saturated heterocycles. The molecule has 1 aliphatic rings. The number of rotatable bonds is 4. The average molecular weight is 418 g/mol. The van der Waals surface area contributed by atoms with Crippen LogP contribution >= 0.6 is 39.9 Å². The van der Waals surface area contributed by atoms with Crippen molar-refractivity contribution in [2.75, 3.05) is 26.7 Å². The van der Waals surface area contributed by atoms with E-state index in [1.54, 1.807) is 16.4 Å². The quantitative estimate of drug-likeness (QED) is 0.818.